The Morgan fingerprint density at radius 2 is 1.82 bits per heavy atom. The second-order valence-corrected chi connectivity index (χ2v) is 6.75. The van der Waals surface area contributed by atoms with Crippen LogP contribution in [0.1, 0.15) is 69.2 Å². The number of hydrogen-bond donors (Lipinski definition) is 3. The maximum atomic E-state index is 12.2. The van der Waals surface area contributed by atoms with Gasteiger partial charge in [0.05, 0.1) is 5.56 Å². The third-order valence-electron chi connectivity index (χ3n) is 5.05. The van der Waals surface area contributed by atoms with Crippen molar-refractivity contribution >= 4 is 12.0 Å². The average Bonchev–Trinajstić information content (AvgIpc) is 3.01. The number of anilines is 1. The van der Waals surface area contributed by atoms with E-state index in [4.69, 9.17) is 5.41 Å². The van der Waals surface area contributed by atoms with E-state index in [-0.39, 0.29) is 5.56 Å². The van der Waals surface area contributed by atoms with Crippen LogP contribution < -0.4 is 10.9 Å². The zero-order chi connectivity index (χ0) is 15.4. The van der Waals surface area contributed by atoms with Gasteiger partial charge in [-0.2, -0.15) is 0 Å². The number of hydrogen-bond acceptors (Lipinski definition) is 4. The molecule has 0 amide bonds. The Morgan fingerprint density at radius 3 is 2.50 bits per heavy atom. The minimum Gasteiger partial charge on any atom is -0.367 e. The fourth-order valence-corrected chi connectivity index (χ4v) is 3.80. The van der Waals surface area contributed by atoms with Crippen molar-refractivity contribution in [1.82, 2.24) is 9.97 Å². The monoisotopic (exact) mass is 302 g/mol. The second kappa shape index (κ2) is 7.07. The largest absolute Gasteiger partial charge is 0.367 e. The Morgan fingerprint density at radius 1 is 1.14 bits per heavy atom. The highest BCUT2D eigenvalue weighted by Gasteiger charge is 2.20. The van der Waals surface area contributed by atoms with Crippen LogP contribution in [-0.4, -0.2) is 22.2 Å². The van der Waals surface area contributed by atoms with Crippen molar-refractivity contribution in [2.45, 2.75) is 70.3 Å². The molecule has 5 heteroatoms. The van der Waals surface area contributed by atoms with Gasteiger partial charge in [0, 0.05) is 18.7 Å². The van der Waals surface area contributed by atoms with Crippen molar-refractivity contribution in [1.29, 1.82) is 5.41 Å². The van der Waals surface area contributed by atoms with E-state index in [1.54, 1.807) is 0 Å². The number of nitrogens with zero attached hydrogens (tertiary/aromatic N) is 1. The zero-order valence-electron chi connectivity index (χ0n) is 13.2. The number of H-pyrrole nitrogens is 1. The minimum absolute atomic E-state index is 0.184. The molecule has 3 N–H and O–H groups in total. The van der Waals surface area contributed by atoms with Crippen molar-refractivity contribution in [3.8, 4) is 0 Å². The van der Waals surface area contributed by atoms with Gasteiger partial charge >= 0.3 is 0 Å². The van der Waals surface area contributed by atoms with Gasteiger partial charge in [-0.3, -0.25) is 4.79 Å². The molecule has 0 unspecified atom stereocenters. The molecular formula is C17H26N4O. The van der Waals surface area contributed by atoms with E-state index in [0.29, 0.717) is 23.3 Å². The lowest BCUT2D eigenvalue weighted by atomic mass is 9.87. The fraction of sp³-hybridized carbons (Fsp3) is 0.706. The van der Waals surface area contributed by atoms with Gasteiger partial charge in [-0.15, -0.1) is 0 Å². The van der Waals surface area contributed by atoms with Crippen LogP contribution in [-0.2, 0) is 6.42 Å². The molecule has 22 heavy (non-hydrogen) atoms. The molecule has 1 heterocycles. The first kappa shape index (κ1) is 15.3. The van der Waals surface area contributed by atoms with Crippen molar-refractivity contribution in [3.05, 3.63) is 21.7 Å². The summed E-state index contributed by atoms with van der Waals surface area (Å²) in [6, 6.07) is 0.399. The first-order valence-corrected chi connectivity index (χ1v) is 8.66. The summed E-state index contributed by atoms with van der Waals surface area (Å²) >= 11 is 0. The third kappa shape index (κ3) is 3.57. The van der Waals surface area contributed by atoms with Crippen molar-refractivity contribution in [2.75, 3.05) is 5.32 Å². The quantitative estimate of drug-likeness (QED) is 0.730. The smallest absolute Gasteiger partial charge is 0.261 e. The van der Waals surface area contributed by atoms with Crippen LogP contribution in [0, 0.1) is 11.3 Å². The number of aromatic amines is 1. The summed E-state index contributed by atoms with van der Waals surface area (Å²) in [7, 11) is 0. The first-order valence-electron chi connectivity index (χ1n) is 8.66. The molecule has 1 aromatic rings. The zero-order valence-corrected chi connectivity index (χ0v) is 13.2. The topological polar surface area (TPSA) is 81.6 Å². The molecule has 0 atom stereocenters. The molecule has 0 saturated heterocycles. The predicted octanol–water partition coefficient (Wildman–Crippen LogP) is 3.24. The van der Waals surface area contributed by atoms with E-state index in [2.05, 4.69) is 15.3 Å². The molecule has 0 radical (unpaired) electrons. The molecule has 2 saturated carbocycles. The third-order valence-corrected chi connectivity index (χ3v) is 5.05. The molecule has 3 rings (SSSR count). The van der Waals surface area contributed by atoms with E-state index in [9.17, 15) is 4.79 Å². The molecule has 0 spiro atoms. The minimum atomic E-state index is -0.184. The van der Waals surface area contributed by atoms with E-state index < -0.39 is 0 Å². The van der Waals surface area contributed by atoms with Gasteiger partial charge in [0.1, 0.15) is 11.6 Å². The summed E-state index contributed by atoms with van der Waals surface area (Å²) in [4.78, 5) is 19.7. The summed E-state index contributed by atoms with van der Waals surface area (Å²) < 4.78 is 0. The van der Waals surface area contributed by atoms with Gasteiger partial charge in [-0.05, 0) is 18.8 Å². The Hall–Kier alpha value is -1.65. The van der Waals surface area contributed by atoms with Crippen LogP contribution in [0.2, 0.25) is 0 Å². The van der Waals surface area contributed by atoms with Crippen LogP contribution in [0.15, 0.2) is 4.79 Å². The predicted molar refractivity (Wildman–Crippen MR) is 88.9 cm³/mol. The number of aromatic nitrogens is 2. The average molecular weight is 302 g/mol. The lowest BCUT2D eigenvalue weighted by Crippen LogP contribution is -2.25. The maximum Gasteiger partial charge on any atom is 0.261 e. The Bertz CT molecular complexity index is 569. The molecule has 2 fully saturated rings. The van der Waals surface area contributed by atoms with Crippen molar-refractivity contribution < 1.29 is 0 Å². The van der Waals surface area contributed by atoms with Gasteiger partial charge in [0.25, 0.3) is 5.56 Å². The second-order valence-electron chi connectivity index (χ2n) is 6.75. The van der Waals surface area contributed by atoms with Gasteiger partial charge in [0.15, 0.2) is 0 Å². The molecule has 120 valence electrons. The molecule has 2 aliphatic carbocycles. The maximum absolute atomic E-state index is 12.2. The molecule has 0 bridgehead atoms. The normalized spacial score (nSPS) is 20.2. The van der Waals surface area contributed by atoms with Crippen LogP contribution >= 0.6 is 0 Å². The van der Waals surface area contributed by atoms with Gasteiger partial charge < -0.3 is 15.7 Å². The molecule has 2 aliphatic rings. The van der Waals surface area contributed by atoms with Crippen LogP contribution in [0.25, 0.3) is 0 Å². The van der Waals surface area contributed by atoms with Crippen molar-refractivity contribution in [2.24, 2.45) is 5.92 Å². The SMILES string of the molecule is N=Cc1c(NC2CCCC2)nc(CC2CCCCC2)[nH]c1=O. The highest BCUT2D eigenvalue weighted by atomic mass is 16.1. The Balaban J connectivity index is 1.79. The highest BCUT2D eigenvalue weighted by Crippen LogP contribution is 2.26. The van der Waals surface area contributed by atoms with E-state index in [1.807, 2.05) is 0 Å². The molecule has 5 nitrogen and oxygen atoms in total. The number of nitrogens with one attached hydrogen (secondary N) is 3. The van der Waals surface area contributed by atoms with E-state index in [1.165, 1.54) is 44.9 Å². The lowest BCUT2D eigenvalue weighted by molar-refractivity contribution is 0.351. The Labute approximate surface area is 131 Å². The molecule has 1 aromatic heterocycles. The van der Waals surface area contributed by atoms with Crippen LogP contribution in [0.3, 0.4) is 0 Å². The first-order chi connectivity index (χ1) is 10.8. The van der Waals surface area contributed by atoms with E-state index >= 15 is 0 Å². The van der Waals surface area contributed by atoms with Gasteiger partial charge in [-0.1, -0.05) is 44.9 Å². The fourth-order valence-electron chi connectivity index (χ4n) is 3.80. The Kier molecular flexibility index (Phi) is 4.90. The molecular weight excluding hydrogens is 276 g/mol. The van der Waals surface area contributed by atoms with Crippen LogP contribution in [0.5, 0.6) is 0 Å². The van der Waals surface area contributed by atoms with Crippen molar-refractivity contribution in [3.63, 3.8) is 0 Å². The lowest BCUT2D eigenvalue weighted by Gasteiger charge is -2.21. The summed E-state index contributed by atoms with van der Waals surface area (Å²) in [5, 5.41) is 10.9. The standard InChI is InChI=1S/C17H26N4O/c18-11-14-16(19-13-8-4-5-9-13)20-15(21-17(14)22)10-12-6-2-1-3-7-12/h11-13,18H,1-10H2,(H2,19,20,21,22). The number of rotatable bonds is 5. The summed E-state index contributed by atoms with van der Waals surface area (Å²) in [5.74, 6) is 2.03. The van der Waals surface area contributed by atoms with Gasteiger partial charge in [0.2, 0.25) is 0 Å². The van der Waals surface area contributed by atoms with E-state index in [0.717, 1.165) is 31.3 Å². The molecule has 0 aromatic carbocycles. The highest BCUT2D eigenvalue weighted by molar-refractivity contribution is 5.83. The summed E-state index contributed by atoms with van der Waals surface area (Å²) in [6.07, 6.45) is 13.1. The van der Waals surface area contributed by atoms with Gasteiger partial charge in [-0.25, -0.2) is 4.98 Å². The van der Waals surface area contributed by atoms with Crippen LogP contribution in [0.4, 0.5) is 5.82 Å². The molecule has 0 aliphatic heterocycles. The summed E-state index contributed by atoms with van der Waals surface area (Å²) in [6.45, 7) is 0. The summed E-state index contributed by atoms with van der Waals surface area (Å²) in [5.41, 5.74) is 0.176.